The van der Waals surface area contributed by atoms with Gasteiger partial charge in [-0.15, -0.1) is 0 Å². The highest BCUT2D eigenvalue weighted by Crippen LogP contribution is 2.35. The van der Waals surface area contributed by atoms with Gasteiger partial charge in [0.25, 0.3) is 0 Å². The van der Waals surface area contributed by atoms with E-state index in [0.717, 1.165) is 0 Å². The minimum Gasteiger partial charge on any atom is -0.462 e. The standard InChI is InChI=1S/C18H16N2O6/c1-10-14(17(22)25-7-6-24-11(2)21)15(12-4-3-5-19-8-12)16-13(20-10)9-26-18(16)23/h3-5,8H,6-7,9H2,1-2H3. The van der Waals surface area contributed by atoms with E-state index in [1.165, 1.54) is 6.92 Å². The maximum Gasteiger partial charge on any atom is 0.341 e. The Bertz CT molecular complexity index is 879. The quantitative estimate of drug-likeness (QED) is 0.454. The molecule has 0 aliphatic carbocycles. The molecule has 0 atom stereocenters. The summed E-state index contributed by atoms with van der Waals surface area (Å²) in [7, 11) is 0. The number of hydrogen-bond donors (Lipinski definition) is 0. The van der Waals surface area contributed by atoms with Gasteiger partial charge in [-0.05, 0) is 13.0 Å². The molecule has 0 saturated heterocycles. The summed E-state index contributed by atoms with van der Waals surface area (Å²) in [5, 5.41) is 0. The number of aromatic nitrogens is 2. The van der Waals surface area contributed by atoms with Crippen molar-refractivity contribution in [2.24, 2.45) is 0 Å². The van der Waals surface area contributed by atoms with Gasteiger partial charge in [-0.3, -0.25) is 14.8 Å². The van der Waals surface area contributed by atoms with Crippen LogP contribution in [0.15, 0.2) is 24.5 Å². The Labute approximate surface area is 149 Å². The van der Waals surface area contributed by atoms with Crippen molar-refractivity contribution in [3.05, 3.63) is 47.0 Å². The van der Waals surface area contributed by atoms with Crippen LogP contribution in [0, 0.1) is 6.92 Å². The number of cyclic esters (lactones) is 1. The average Bonchev–Trinajstić information content (AvgIpc) is 2.98. The lowest BCUT2D eigenvalue weighted by molar-refractivity contribution is -0.142. The fraction of sp³-hybridized carbons (Fsp3) is 0.278. The topological polar surface area (TPSA) is 105 Å². The van der Waals surface area contributed by atoms with E-state index in [0.29, 0.717) is 22.5 Å². The molecule has 0 spiro atoms. The number of esters is 3. The van der Waals surface area contributed by atoms with Crippen molar-refractivity contribution in [3.8, 4) is 11.1 Å². The number of pyridine rings is 2. The van der Waals surface area contributed by atoms with Gasteiger partial charge >= 0.3 is 17.9 Å². The van der Waals surface area contributed by atoms with Gasteiger partial charge < -0.3 is 14.2 Å². The lowest BCUT2D eigenvalue weighted by atomic mass is 9.94. The lowest BCUT2D eigenvalue weighted by Gasteiger charge is -2.14. The van der Waals surface area contributed by atoms with E-state index >= 15 is 0 Å². The molecule has 0 bridgehead atoms. The van der Waals surface area contributed by atoms with Gasteiger partial charge in [0.1, 0.15) is 19.8 Å². The number of rotatable bonds is 5. The molecule has 0 N–H and O–H groups in total. The Hall–Kier alpha value is -3.29. The molecule has 134 valence electrons. The molecule has 26 heavy (non-hydrogen) atoms. The van der Waals surface area contributed by atoms with E-state index in [4.69, 9.17) is 14.2 Å². The molecule has 2 aromatic rings. The minimum atomic E-state index is -0.663. The molecule has 0 amide bonds. The lowest BCUT2D eigenvalue weighted by Crippen LogP contribution is -2.17. The van der Waals surface area contributed by atoms with Crippen molar-refractivity contribution in [2.75, 3.05) is 13.2 Å². The summed E-state index contributed by atoms with van der Waals surface area (Å²) in [6, 6.07) is 3.44. The van der Waals surface area contributed by atoms with Crippen molar-refractivity contribution in [1.82, 2.24) is 9.97 Å². The third-order valence-corrected chi connectivity index (χ3v) is 3.77. The zero-order valence-corrected chi connectivity index (χ0v) is 14.3. The molecule has 2 aromatic heterocycles. The van der Waals surface area contributed by atoms with Crippen LogP contribution in [0.2, 0.25) is 0 Å². The molecule has 3 rings (SSSR count). The van der Waals surface area contributed by atoms with Gasteiger partial charge in [0, 0.05) is 30.4 Å². The molecular weight excluding hydrogens is 340 g/mol. The van der Waals surface area contributed by atoms with Gasteiger partial charge in [-0.2, -0.15) is 0 Å². The monoisotopic (exact) mass is 356 g/mol. The SMILES string of the molecule is CC(=O)OCCOC(=O)c1c(C)nc2c(c1-c1cccnc1)C(=O)OC2. The summed E-state index contributed by atoms with van der Waals surface area (Å²) in [4.78, 5) is 44.0. The van der Waals surface area contributed by atoms with Crippen molar-refractivity contribution in [2.45, 2.75) is 20.5 Å². The van der Waals surface area contributed by atoms with Crippen molar-refractivity contribution < 1.29 is 28.6 Å². The molecule has 0 saturated carbocycles. The van der Waals surface area contributed by atoms with Crippen LogP contribution in [-0.2, 0) is 25.6 Å². The summed E-state index contributed by atoms with van der Waals surface area (Å²) in [6.45, 7) is 2.83. The molecule has 0 radical (unpaired) electrons. The minimum absolute atomic E-state index is 0.0528. The van der Waals surface area contributed by atoms with Crippen molar-refractivity contribution >= 4 is 17.9 Å². The number of nitrogens with zero attached hydrogens (tertiary/aromatic N) is 2. The van der Waals surface area contributed by atoms with E-state index in [9.17, 15) is 14.4 Å². The Balaban J connectivity index is 2.02. The second-order valence-corrected chi connectivity index (χ2v) is 5.56. The van der Waals surface area contributed by atoms with Crippen LogP contribution in [0.5, 0.6) is 0 Å². The van der Waals surface area contributed by atoms with Crippen LogP contribution in [0.1, 0.15) is 39.0 Å². The van der Waals surface area contributed by atoms with Crippen LogP contribution in [0.3, 0.4) is 0 Å². The number of hydrogen-bond acceptors (Lipinski definition) is 8. The maximum absolute atomic E-state index is 12.6. The fourth-order valence-corrected chi connectivity index (χ4v) is 2.74. The number of carbonyl (C=O) groups excluding carboxylic acids is 3. The second-order valence-electron chi connectivity index (χ2n) is 5.56. The predicted octanol–water partition coefficient (Wildman–Crippen LogP) is 1.84. The first-order valence-corrected chi connectivity index (χ1v) is 7.90. The summed E-state index contributed by atoms with van der Waals surface area (Å²) in [5.74, 6) is -1.67. The van der Waals surface area contributed by atoms with Crippen molar-refractivity contribution in [1.29, 1.82) is 0 Å². The third kappa shape index (κ3) is 3.39. The number of aryl methyl sites for hydroxylation is 1. The van der Waals surface area contributed by atoms with Crippen molar-refractivity contribution in [3.63, 3.8) is 0 Å². The first kappa shape index (κ1) is 17.5. The average molecular weight is 356 g/mol. The third-order valence-electron chi connectivity index (χ3n) is 3.77. The Morgan fingerprint density at radius 1 is 1.23 bits per heavy atom. The van der Waals surface area contributed by atoms with Crippen LogP contribution < -0.4 is 0 Å². The van der Waals surface area contributed by atoms with E-state index in [1.54, 1.807) is 31.5 Å². The highest BCUT2D eigenvalue weighted by atomic mass is 16.6. The molecule has 0 unspecified atom stereocenters. The van der Waals surface area contributed by atoms with Gasteiger partial charge in [0.2, 0.25) is 0 Å². The van der Waals surface area contributed by atoms with E-state index < -0.39 is 17.9 Å². The van der Waals surface area contributed by atoms with Crippen LogP contribution in [-0.4, -0.2) is 41.1 Å². The number of carbonyl (C=O) groups is 3. The molecule has 8 nitrogen and oxygen atoms in total. The molecule has 3 heterocycles. The summed E-state index contributed by atoms with van der Waals surface area (Å²) in [6.07, 6.45) is 3.14. The van der Waals surface area contributed by atoms with Crippen LogP contribution in [0.25, 0.3) is 11.1 Å². The van der Waals surface area contributed by atoms with E-state index in [2.05, 4.69) is 9.97 Å². The number of ether oxygens (including phenoxy) is 3. The van der Waals surface area contributed by atoms with Crippen LogP contribution in [0.4, 0.5) is 0 Å². The summed E-state index contributed by atoms with van der Waals surface area (Å²) >= 11 is 0. The normalized spacial score (nSPS) is 12.3. The number of fused-ring (bicyclic) bond motifs is 1. The second kappa shape index (κ2) is 7.30. The van der Waals surface area contributed by atoms with Gasteiger partial charge in [0.05, 0.1) is 22.5 Å². The molecule has 1 aliphatic heterocycles. The summed E-state index contributed by atoms with van der Waals surface area (Å²) < 4.78 is 15.0. The molecule has 0 aromatic carbocycles. The van der Waals surface area contributed by atoms with Crippen LogP contribution >= 0.6 is 0 Å². The van der Waals surface area contributed by atoms with E-state index in [-0.39, 0.29) is 30.9 Å². The highest BCUT2D eigenvalue weighted by Gasteiger charge is 2.33. The Morgan fingerprint density at radius 3 is 2.69 bits per heavy atom. The first-order valence-electron chi connectivity index (χ1n) is 7.90. The molecule has 0 fully saturated rings. The summed E-state index contributed by atoms with van der Waals surface area (Å²) in [5.41, 5.74) is 2.27. The zero-order valence-electron chi connectivity index (χ0n) is 14.3. The van der Waals surface area contributed by atoms with E-state index in [1.807, 2.05) is 0 Å². The first-order chi connectivity index (χ1) is 12.5. The molecule has 1 aliphatic rings. The van der Waals surface area contributed by atoms with Gasteiger partial charge in [-0.25, -0.2) is 9.59 Å². The van der Waals surface area contributed by atoms with Gasteiger partial charge in [-0.1, -0.05) is 6.07 Å². The molecule has 8 heteroatoms. The maximum atomic E-state index is 12.6. The highest BCUT2D eigenvalue weighted by molar-refractivity contribution is 6.08. The fourth-order valence-electron chi connectivity index (χ4n) is 2.74. The largest absolute Gasteiger partial charge is 0.462 e. The molecular formula is C18H16N2O6. The predicted molar refractivity (Wildman–Crippen MR) is 88.2 cm³/mol. The van der Waals surface area contributed by atoms with Gasteiger partial charge in [0.15, 0.2) is 0 Å². The zero-order chi connectivity index (χ0) is 18.7. The Morgan fingerprint density at radius 2 is 2.00 bits per heavy atom. The Kier molecular flexibility index (Phi) is 4.92. The smallest absolute Gasteiger partial charge is 0.341 e.